The number of ether oxygens (including phenoxy) is 1. The van der Waals surface area contributed by atoms with E-state index in [9.17, 15) is 14.4 Å². The zero-order valence-corrected chi connectivity index (χ0v) is 20.9. The second-order valence-corrected chi connectivity index (χ2v) is 9.47. The Labute approximate surface area is 205 Å². The van der Waals surface area contributed by atoms with Crippen LogP contribution in [0.3, 0.4) is 0 Å². The minimum absolute atomic E-state index is 0.0425. The van der Waals surface area contributed by atoms with Gasteiger partial charge in [-0.3, -0.25) is 19.4 Å². The van der Waals surface area contributed by atoms with E-state index >= 15 is 0 Å². The first kappa shape index (κ1) is 24.9. The largest absolute Gasteiger partial charge is 0.378 e. The fraction of sp³-hybridized carbons (Fsp3) is 0.538. The molecule has 2 saturated heterocycles. The number of hydrogen-bond acceptors (Lipinski definition) is 6. The lowest BCUT2D eigenvalue weighted by molar-refractivity contribution is -0.116. The molecule has 1 aromatic carbocycles. The second kappa shape index (κ2) is 11.0. The van der Waals surface area contributed by atoms with Crippen LogP contribution in [0.15, 0.2) is 23.0 Å². The quantitative estimate of drug-likeness (QED) is 0.657. The van der Waals surface area contributed by atoms with Crippen LogP contribution in [0.2, 0.25) is 0 Å². The van der Waals surface area contributed by atoms with Gasteiger partial charge in [0.15, 0.2) is 0 Å². The molecule has 2 aliphatic heterocycles. The van der Waals surface area contributed by atoms with E-state index in [2.05, 4.69) is 22.2 Å². The maximum absolute atomic E-state index is 12.9. The predicted octanol–water partition coefficient (Wildman–Crippen LogP) is 2.81. The molecule has 0 saturated carbocycles. The van der Waals surface area contributed by atoms with Crippen molar-refractivity contribution in [3.05, 3.63) is 50.9 Å². The average molecular weight is 482 g/mol. The van der Waals surface area contributed by atoms with E-state index in [-0.39, 0.29) is 29.8 Å². The summed E-state index contributed by atoms with van der Waals surface area (Å²) in [5.41, 5.74) is 3.09. The van der Waals surface area contributed by atoms with E-state index in [1.807, 2.05) is 22.8 Å². The van der Waals surface area contributed by atoms with Gasteiger partial charge < -0.3 is 19.9 Å². The first-order valence-corrected chi connectivity index (χ1v) is 12.5. The lowest BCUT2D eigenvalue weighted by Crippen LogP contribution is -2.42. The summed E-state index contributed by atoms with van der Waals surface area (Å²) >= 11 is 0. The molecular formula is C26H35N5O4. The van der Waals surface area contributed by atoms with Gasteiger partial charge in [-0.25, -0.2) is 4.98 Å². The molecule has 9 nitrogen and oxygen atoms in total. The molecular weight excluding hydrogens is 446 g/mol. The summed E-state index contributed by atoms with van der Waals surface area (Å²) in [6.45, 7) is 9.16. The van der Waals surface area contributed by atoms with Crippen molar-refractivity contribution in [2.24, 2.45) is 0 Å². The third-order valence-electron chi connectivity index (χ3n) is 6.93. The fourth-order valence-electron chi connectivity index (χ4n) is 4.77. The van der Waals surface area contributed by atoms with Gasteiger partial charge in [0, 0.05) is 54.6 Å². The van der Waals surface area contributed by atoms with Gasteiger partial charge in [0.1, 0.15) is 0 Å². The Morgan fingerprint density at radius 1 is 1.17 bits per heavy atom. The molecule has 188 valence electrons. The number of likely N-dealkylation sites (tertiary alicyclic amines) is 1. The van der Waals surface area contributed by atoms with Crippen molar-refractivity contribution in [3.8, 4) is 0 Å². The monoisotopic (exact) mass is 481 g/mol. The number of aromatic amines is 1. The van der Waals surface area contributed by atoms with Crippen molar-refractivity contribution in [1.29, 1.82) is 0 Å². The van der Waals surface area contributed by atoms with Crippen molar-refractivity contribution in [1.82, 2.24) is 14.9 Å². The molecule has 9 heteroatoms. The number of aromatic nitrogens is 2. The van der Waals surface area contributed by atoms with Gasteiger partial charge in [-0.15, -0.1) is 0 Å². The molecule has 3 heterocycles. The van der Waals surface area contributed by atoms with Crippen molar-refractivity contribution < 1.29 is 14.3 Å². The maximum atomic E-state index is 12.9. The number of morpholine rings is 1. The maximum Gasteiger partial charge on any atom is 0.255 e. The van der Waals surface area contributed by atoms with Crippen LogP contribution in [0.4, 0.5) is 11.6 Å². The Morgan fingerprint density at radius 2 is 1.94 bits per heavy atom. The summed E-state index contributed by atoms with van der Waals surface area (Å²) < 4.78 is 5.35. The number of amides is 2. The number of carbonyl (C=O) groups is 2. The van der Waals surface area contributed by atoms with E-state index in [0.717, 1.165) is 31.4 Å². The van der Waals surface area contributed by atoms with Crippen LogP contribution >= 0.6 is 0 Å². The third-order valence-corrected chi connectivity index (χ3v) is 6.93. The van der Waals surface area contributed by atoms with Gasteiger partial charge >= 0.3 is 0 Å². The minimum atomic E-state index is -0.210. The molecule has 1 atom stereocenters. The number of aryl methyl sites for hydroxylation is 2. The van der Waals surface area contributed by atoms with Gasteiger partial charge in [-0.2, -0.15) is 0 Å². The van der Waals surface area contributed by atoms with E-state index < -0.39 is 0 Å². The molecule has 1 unspecified atom stereocenters. The Kier molecular flexibility index (Phi) is 7.85. The van der Waals surface area contributed by atoms with Crippen LogP contribution in [0.1, 0.15) is 59.8 Å². The van der Waals surface area contributed by atoms with E-state index in [1.54, 1.807) is 19.1 Å². The van der Waals surface area contributed by atoms with Crippen LogP contribution < -0.4 is 15.8 Å². The molecule has 0 bridgehead atoms. The van der Waals surface area contributed by atoms with E-state index in [1.165, 1.54) is 0 Å². The molecule has 2 N–H and O–H groups in total. The number of nitrogens with one attached hydrogen (secondary N) is 2. The molecule has 0 spiro atoms. The van der Waals surface area contributed by atoms with Crippen LogP contribution in [0.5, 0.6) is 0 Å². The summed E-state index contributed by atoms with van der Waals surface area (Å²) in [6.07, 6.45) is 3.69. The van der Waals surface area contributed by atoms with Gasteiger partial charge in [0.05, 0.1) is 13.2 Å². The molecule has 4 rings (SSSR count). The summed E-state index contributed by atoms with van der Waals surface area (Å²) in [5, 5.41) is 2.92. The Morgan fingerprint density at radius 3 is 2.63 bits per heavy atom. The van der Waals surface area contributed by atoms with E-state index in [0.29, 0.717) is 61.2 Å². The molecule has 0 aliphatic carbocycles. The summed E-state index contributed by atoms with van der Waals surface area (Å²) in [5.74, 6) is 0.405. The molecule has 0 radical (unpaired) electrons. The second-order valence-electron chi connectivity index (χ2n) is 9.47. The highest BCUT2D eigenvalue weighted by molar-refractivity contribution is 5.96. The summed E-state index contributed by atoms with van der Waals surface area (Å²) in [4.78, 5) is 49.6. The van der Waals surface area contributed by atoms with Crippen molar-refractivity contribution >= 4 is 23.5 Å². The first-order valence-electron chi connectivity index (χ1n) is 12.5. The third kappa shape index (κ3) is 5.90. The average Bonchev–Trinajstić information content (AvgIpc) is 2.85. The number of nitrogens with zero attached hydrogens (tertiary/aromatic N) is 3. The number of carbonyl (C=O) groups excluding carboxylic acids is 2. The lowest BCUT2D eigenvalue weighted by atomic mass is 10.0. The predicted molar refractivity (Wildman–Crippen MR) is 135 cm³/mol. The van der Waals surface area contributed by atoms with Crippen LogP contribution in [0.25, 0.3) is 0 Å². The minimum Gasteiger partial charge on any atom is -0.378 e. The zero-order chi connectivity index (χ0) is 24.9. The standard InChI is InChI=1S/C26H35N5O4/c1-17-16-20(25(34)31-11-5-4-6-18(31)2)7-9-22(17)28-23(32)10-8-21-19(3)27-26(29-24(21)33)30-12-14-35-15-13-30/h7,9,16,18H,4-6,8,10-15H2,1-3H3,(H,28,32)(H,27,29,33). The number of H-pyrrole nitrogens is 1. The Hall–Kier alpha value is -3.20. The zero-order valence-electron chi connectivity index (χ0n) is 20.9. The molecule has 2 amide bonds. The van der Waals surface area contributed by atoms with Crippen LogP contribution in [-0.4, -0.2) is 65.6 Å². The number of hydrogen-bond donors (Lipinski definition) is 2. The highest BCUT2D eigenvalue weighted by atomic mass is 16.5. The van der Waals surface area contributed by atoms with Crippen LogP contribution in [-0.2, 0) is 16.0 Å². The topological polar surface area (TPSA) is 108 Å². The number of benzene rings is 1. The molecule has 1 aromatic heterocycles. The summed E-state index contributed by atoms with van der Waals surface area (Å²) in [7, 11) is 0. The Bertz CT molecular complexity index is 1140. The first-order chi connectivity index (χ1) is 16.8. The van der Waals surface area contributed by atoms with Crippen molar-refractivity contribution in [3.63, 3.8) is 0 Å². The highest BCUT2D eigenvalue weighted by Gasteiger charge is 2.24. The SMILES string of the molecule is Cc1cc(C(=O)N2CCCCC2C)ccc1NC(=O)CCc1c(C)nc(N2CCOCC2)[nH]c1=O. The van der Waals surface area contributed by atoms with Gasteiger partial charge in [0.25, 0.3) is 11.5 Å². The smallest absolute Gasteiger partial charge is 0.255 e. The summed E-state index contributed by atoms with van der Waals surface area (Å²) in [6, 6.07) is 5.64. The number of rotatable bonds is 6. The van der Waals surface area contributed by atoms with Crippen molar-refractivity contribution in [2.75, 3.05) is 43.1 Å². The van der Waals surface area contributed by atoms with Crippen molar-refractivity contribution in [2.45, 2.75) is 58.9 Å². The highest BCUT2D eigenvalue weighted by Crippen LogP contribution is 2.22. The molecule has 2 fully saturated rings. The fourth-order valence-corrected chi connectivity index (χ4v) is 4.77. The van der Waals surface area contributed by atoms with Gasteiger partial charge in [0.2, 0.25) is 11.9 Å². The van der Waals surface area contributed by atoms with Gasteiger partial charge in [-0.1, -0.05) is 0 Å². The lowest BCUT2D eigenvalue weighted by Gasteiger charge is -2.33. The Balaban J connectivity index is 1.36. The number of piperidine rings is 1. The molecule has 35 heavy (non-hydrogen) atoms. The normalized spacial score (nSPS) is 18.4. The molecule has 2 aliphatic rings. The van der Waals surface area contributed by atoms with Gasteiger partial charge in [-0.05, 0) is 70.2 Å². The van der Waals surface area contributed by atoms with Crippen LogP contribution in [0, 0.1) is 13.8 Å². The number of anilines is 2. The molecule has 2 aromatic rings. The van der Waals surface area contributed by atoms with E-state index in [4.69, 9.17) is 4.74 Å².